The normalized spacial score (nSPS) is 16.5. The number of hydrogen-bond acceptors (Lipinski definition) is 5. The van der Waals surface area contributed by atoms with Gasteiger partial charge in [0.15, 0.2) is 11.5 Å². The number of aliphatic hydroxyl groups excluding tert-OH is 2. The first kappa shape index (κ1) is 13.4. The fourth-order valence-corrected chi connectivity index (χ4v) is 1.86. The fraction of sp³-hybridized carbons (Fsp3) is 0.417. The molecule has 0 saturated carbocycles. The van der Waals surface area contributed by atoms with Crippen molar-refractivity contribution in [1.82, 2.24) is 5.32 Å². The zero-order valence-corrected chi connectivity index (χ0v) is 10.1. The van der Waals surface area contributed by atoms with Crippen LogP contribution in [0.4, 0.5) is 4.79 Å². The lowest BCUT2D eigenvalue weighted by Crippen LogP contribution is -2.41. The predicted octanol–water partition coefficient (Wildman–Crippen LogP) is 0.120. The highest BCUT2D eigenvalue weighted by Crippen LogP contribution is 2.33. The second-order valence-electron chi connectivity index (χ2n) is 4.09. The van der Waals surface area contributed by atoms with Gasteiger partial charge in [0.05, 0.1) is 12.6 Å². The molecule has 1 amide bonds. The fourth-order valence-electron chi connectivity index (χ4n) is 1.86. The summed E-state index contributed by atoms with van der Waals surface area (Å²) >= 11 is 0. The van der Waals surface area contributed by atoms with Crippen LogP contribution >= 0.6 is 0 Å². The van der Waals surface area contributed by atoms with E-state index in [1.807, 2.05) is 0 Å². The van der Waals surface area contributed by atoms with Crippen LogP contribution in [0.1, 0.15) is 11.7 Å². The third kappa shape index (κ3) is 3.07. The minimum absolute atomic E-state index is 0.420. The summed E-state index contributed by atoms with van der Waals surface area (Å²) in [6.45, 7) is 0.375. The summed E-state index contributed by atoms with van der Waals surface area (Å²) in [5.41, 5.74) is 0.442. The molecule has 4 N–H and O–H groups in total. The summed E-state index contributed by atoms with van der Waals surface area (Å²) in [6, 6.07) is 3.82. The molecule has 0 saturated heterocycles. The first-order valence-electron chi connectivity index (χ1n) is 5.79. The molecule has 2 atom stereocenters. The van der Waals surface area contributed by atoms with E-state index < -0.39 is 24.8 Å². The highest BCUT2D eigenvalue weighted by Gasteiger charge is 2.23. The van der Waals surface area contributed by atoms with E-state index in [2.05, 4.69) is 5.32 Å². The second-order valence-corrected chi connectivity index (χ2v) is 4.09. The van der Waals surface area contributed by atoms with Gasteiger partial charge in [0.2, 0.25) is 0 Å². The SMILES string of the molecule is O=C(O)N[C@H](CO)[C@H](O)c1ccc2c(c1)OCCO2. The maximum atomic E-state index is 10.6. The number of carbonyl (C=O) groups is 1. The molecule has 0 fully saturated rings. The van der Waals surface area contributed by atoms with Crippen LogP contribution in [0.2, 0.25) is 0 Å². The Morgan fingerprint density at radius 3 is 2.63 bits per heavy atom. The van der Waals surface area contributed by atoms with Crippen molar-refractivity contribution in [3.05, 3.63) is 23.8 Å². The minimum atomic E-state index is -1.31. The molecule has 0 bridgehead atoms. The Labute approximate surface area is 109 Å². The number of amides is 1. The molecule has 1 aliphatic rings. The van der Waals surface area contributed by atoms with E-state index in [1.165, 1.54) is 0 Å². The molecule has 7 nitrogen and oxygen atoms in total. The summed E-state index contributed by atoms with van der Waals surface area (Å²) in [5, 5.41) is 29.8. The molecular formula is C12H15NO6. The molecule has 0 radical (unpaired) electrons. The van der Waals surface area contributed by atoms with Crippen LogP contribution in [0, 0.1) is 0 Å². The summed E-state index contributed by atoms with van der Waals surface area (Å²) in [6.07, 6.45) is -2.48. The largest absolute Gasteiger partial charge is 0.486 e. The van der Waals surface area contributed by atoms with Crippen LogP contribution in [-0.4, -0.2) is 47.3 Å². The number of benzene rings is 1. The number of aliphatic hydroxyl groups is 2. The zero-order valence-electron chi connectivity index (χ0n) is 10.1. The molecule has 0 aliphatic carbocycles. The van der Waals surface area contributed by atoms with Crippen molar-refractivity contribution >= 4 is 6.09 Å². The van der Waals surface area contributed by atoms with Gasteiger partial charge in [-0.15, -0.1) is 0 Å². The van der Waals surface area contributed by atoms with Gasteiger partial charge in [-0.2, -0.15) is 0 Å². The average Bonchev–Trinajstić information content (AvgIpc) is 2.43. The van der Waals surface area contributed by atoms with Crippen molar-refractivity contribution < 1.29 is 29.6 Å². The van der Waals surface area contributed by atoms with Crippen molar-refractivity contribution in [3.8, 4) is 11.5 Å². The van der Waals surface area contributed by atoms with Crippen molar-refractivity contribution in [3.63, 3.8) is 0 Å². The monoisotopic (exact) mass is 269 g/mol. The summed E-state index contributed by atoms with van der Waals surface area (Å²) in [5.74, 6) is 1.07. The van der Waals surface area contributed by atoms with E-state index in [4.69, 9.17) is 19.7 Å². The molecule has 7 heteroatoms. The number of fused-ring (bicyclic) bond motifs is 1. The Morgan fingerprint density at radius 2 is 2.00 bits per heavy atom. The van der Waals surface area contributed by atoms with Gasteiger partial charge in [-0.25, -0.2) is 4.79 Å². The van der Waals surface area contributed by atoms with Gasteiger partial charge in [-0.3, -0.25) is 0 Å². The smallest absolute Gasteiger partial charge is 0.405 e. The van der Waals surface area contributed by atoms with Gasteiger partial charge in [-0.1, -0.05) is 6.07 Å². The Morgan fingerprint density at radius 1 is 1.32 bits per heavy atom. The van der Waals surface area contributed by atoms with E-state index in [0.29, 0.717) is 30.3 Å². The van der Waals surface area contributed by atoms with Crippen LogP contribution < -0.4 is 14.8 Å². The molecule has 0 spiro atoms. The van der Waals surface area contributed by atoms with E-state index in [-0.39, 0.29) is 0 Å². The van der Waals surface area contributed by atoms with Gasteiger partial charge in [0.25, 0.3) is 0 Å². The first-order chi connectivity index (χ1) is 9.11. The van der Waals surface area contributed by atoms with E-state index in [1.54, 1.807) is 18.2 Å². The topological polar surface area (TPSA) is 108 Å². The molecule has 1 aliphatic heterocycles. The summed E-state index contributed by atoms with van der Waals surface area (Å²) < 4.78 is 10.7. The van der Waals surface area contributed by atoms with Crippen LogP contribution in [0.5, 0.6) is 11.5 Å². The highest BCUT2D eigenvalue weighted by molar-refractivity contribution is 5.65. The first-order valence-corrected chi connectivity index (χ1v) is 5.79. The van der Waals surface area contributed by atoms with Gasteiger partial charge >= 0.3 is 6.09 Å². The zero-order chi connectivity index (χ0) is 13.8. The maximum absolute atomic E-state index is 10.6. The van der Waals surface area contributed by atoms with E-state index in [0.717, 1.165) is 0 Å². The molecular weight excluding hydrogens is 254 g/mol. The molecule has 0 unspecified atom stereocenters. The van der Waals surface area contributed by atoms with Crippen molar-refractivity contribution in [2.24, 2.45) is 0 Å². The lowest BCUT2D eigenvalue weighted by atomic mass is 10.0. The molecule has 2 rings (SSSR count). The molecule has 104 valence electrons. The molecule has 1 heterocycles. The second kappa shape index (κ2) is 5.77. The van der Waals surface area contributed by atoms with Gasteiger partial charge in [-0.05, 0) is 17.7 Å². The van der Waals surface area contributed by atoms with Crippen LogP contribution in [0.15, 0.2) is 18.2 Å². The van der Waals surface area contributed by atoms with Crippen molar-refractivity contribution in [1.29, 1.82) is 0 Å². The van der Waals surface area contributed by atoms with Crippen LogP contribution in [0.25, 0.3) is 0 Å². The predicted molar refractivity (Wildman–Crippen MR) is 64.4 cm³/mol. The summed E-state index contributed by atoms with van der Waals surface area (Å²) in [7, 11) is 0. The number of rotatable bonds is 4. The lowest BCUT2D eigenvalue weighted by Gasteiger charge is -2.23. The number of carboxylic acid groups (broad SMARTS) is 1. The summed E-state index contributed by atoms with van der Waals surface area (Å²) in [4.78, 5) is 10.6. The standard InChI is InChI=1S/C12H15NO6/c14-6-8(13-12(16)17)11(15)7-1-2-9-10(5-7)19-4-3-18-9/h1-2,5,8,11,13-15H,3-4,6H2,(H,16,17)/t8-,11-/m1/s1. The van der Waals surface area contributed by atoms with Gasteiger partial charge in [0, 0.05) is 0 Å². The van der Waals surface area contributed by atoms with Gasteiger partial charge in [0.1, 0.15) is 19.3 Å². The van der Waals surface area contributed by atoms with Crippen molar-refractivity contribution in [2.45, 2.75) is 12.1 Å². The number of ether oxygens (including phenoxy) is 2. The maximum Gasteiger partial charge on any atom is 0.405 e. The number of hydrogen-bond donors (Lipinski definition) is 4. The van der Waals surface area contributed by atoms with Crippen molar-refractivity contribution in [2.75, 3.05) is 19.8 Å². The Kier molecular flexibility index (Phi) is 4.08. The molecule has 19 heavy (non-hydrogen) atoms. The molecule has 1 aromatic carbocycles. The third-order valence-electron chi connectivity index (χ3n) is 2.79. The Balaban J connectivity index is 2.18. The quantitative estimate of drug-likeness (QED) is 0.618. The molecule has 1 aromatic rings. The Hall–Kier alpha value is -1.99. The number of nitrogens with one attached hydrogen (secondary N) is 1. The third-order valence-corrected chi connectivity index (χ3v) is 2.79. The molecule has 0 aromatic heterocycles. The van der Waals surface area contributed by atoms with Crippen LogP contribution in [-0.2, 0) is 0 Å². The van der Waals surface area contributed by atoms with E-state index in [9.17, 15) is 9.90 Å². The average molecular weight is 269 g/mol. The van der Waals surface area contributed by atoms with E-state index >= 15 is 0 Å². The highest BCUT2D eigenvalue weighted by atomic mass is 16.6. The minimum Gasteiger partial charge on any atom is -0.486 e. The van der Waals surface area contributed by atoms with Gasteiger partial charge < -0.3 is 30.1 Å². The Bertz CT molecular complexity index is 464. The lowest BCUT2D eigenvalue weighted by molar-refractivity contribution is 0.0862. The van der Waals surface area contributed by atoms with Crippen LogP contribution in [0.3, 0.4) is 0 Å².